The maximum absolute atomic E-state index is 12.4. The Bertz CT molecular complexity index is 500. The lowest BCUT2D eigenvalue weighted by Gasteiger charge is -2.62. The Morgan fingerprint density at radius 1 is 1.18 bits per heavy atom. The molecule has 0 aromatic rings. The molecule has 1 atom stereocenters. The highest BCUT2D eigenvalue weighted by molar-refractivity contribution is 5.87. The third-order valence-corrected chi connectivity index (χ3v) is 6.32. The first-order valence-corrected chi connectivity index (χ1v) is 8.66. The summed E-state index contributed by atoms with van der Waals surface area (Å²) in [6, 6.07) is 2.51. The minimum atomic E-state index is -0.577. The van der Waals surface area contributed by atoms with Crippen LogP contribution in [0.1, 0.15) is 52.9 Å². The van der Waals surface area contributed by atoms with E-state index in [1.165, 1.54) is 6.42 Å². The molecule has 4 aliphatic carbocycles. The van der Waals surface area contributed by atoms with E-state index in [4.69, 9.17) is 4.74 Å². The Hall–Kier alpha value is -1.30. The summed E-state index contributed by atoms with van der Waals surface area (Å²) in [6.07, 6.45) is 5.85. The van der Waals surface area contributed by atoms with Gasteiger partial charge in [-0.2, -0.15) is 5.26 Å². The molecule has 4 rings (SSSR count). The predicted octanol–water partition coefficient (Wildman–Crippen LogP) is 4.10. The van der Waals surface area contributed by atoms with Crippen LogP contribution in [-0.4, -0.2) is 11.6 Å². The molecule has 22 heavy (non-hydrogen) atoms. The van der Waals surface area contributed by atoms with E-state index in [1.54, 1.807) is 6.92 Å². The fourth-order valence-corrected chi connectivity index (χ4v) is 5.68. The first-order chi connectivity index (χ1) is 10.4. The molecule has 0 saturated heterocycles. The van der Waals surface area contributed by atoms with Gasteiger partial charge in [-0.05, 0) is 56.8 Å². The Labute approximate surface area is 133 Å². The molecule has 0 heterocycles. The van der Waals surface area contributed by atoms with Crippen molar-refractivity contribution < 1.29 is 9.53 Å². The summed E-state index contributed by atoms with van der Waals surface area (Å²) in [5, 5.41) is 9.83. The van der Waals surface area contributed by atoms with Crippen molar-refractivity contribution >= 4 is 5.97 Å². The second-order valence-electron chi connectivity index (χ2n) is 8.18. The van der Waals surface area contributed by atoms with Gasteiger partial charge in [0.1, 0.15) is 5.60 Å². The van der Waals surface area contributed by atoms with E-state index in [0.29, 0.717) is 17.4 Å². The molecule has 4 saturated carbocycles. The summed E-state index contributed by atoms with van der Waals surface area (Å²) < 4.78 is 6.13. The third-order valence-electron chi connectivity index (χ3n) is 6.32. The van der Waals surface area contributed by atoms with Crippen molar-refractivity contribution in [1.29, 1.82) is 5.26 Å². The Balaban J connectivity index is 2.02. The van der Waals surface area contributed by atoms with Gasteiger partial charge in [-0.15, -0.1) is 0 Å². The second-order valence-corrected chi connectivity index (χ2v) is 8.18. The summed E-state index contributed by atoms with van der Waals surface area (Å²) in [6.45, 7) is 9.60. The smallest absolute Gasteiger partial charge is 0.333 e. The average molecular weight is 301 g/mol. The van der Waals surface area contributed by atoms with Gasteiger partial charge in [0.05, 0.1) is 12.0 Å². The molecule has 4 aliphatic rings. The Kier molecular flexibility index (Phi) is 3.83. The maximum Gasteiger partial charge on any atom is 0.333 e. The monoisotopic (exact) mass is 301 g/mol. The highest BCUT2D eigenvalue weighted by Gasteiger charge is 2.63. The van der Waals surface area contributed by atoms with Crippen LogP contribution in [-0.2, 0) is 9.53 Å². The van der Waals surface area contributed by atoms with Gasteiger partial charge < -0.3 is 4.74 Å². The molecule has 120 valence electrons. The standard InChI is InChI=1S/C19H27NO2/c1-11(2)17(10-20)19(22-18(21)12(3)4)15-6-13-5-14(8-15)9-16(19)7-13/h11,13-17H,3,5-9H2,1-2,4H3. The van der Waals surface area contributed by atoms with Crippen LogP contribution in [0.25, 0.3) is 0 Å². The number of hydrogen-bond donors (Lipinski definition) is 0. The molecule has 4 bridgehead atoms. The SMILES string of the molecule is C=C(C)C(=O)OC1(C(C#N)C(C)C)C2CC3CC(C2)CC1C3. The topological polar surface area (TPSA) is 50.1 Å². The highest BCUT2D eigenvalue weighted by Crippen LogP contribution is 2.62. The van der Waals surface area contributed by atoms with E-state index >= 15 is 0 Å². The van der Waals surface area contributed by atoms with Crippen molar-refractivity contribution in [1.82, 2.24) is 0 Å². The van der Waals surface area contributed by atoms with E-state index in [2.05, 4.69) is 26.5 Å². The van der Waals surface area contributed by atoms with Crippen LogP contribution in [0.2, 0.25) is 0 Å². The zero-order valence-electron chi connectivity index (χ0n) is 14.0. The summed E-state index contributed by atoms with van der Waals surface area (Å²) in [4.78, 5) is 12.4. The minimum Gasteiger partial charge on any atom is -0.454 e. The van der Waals surface area contributed by atoms with E-state index in [9.17, 15) is 10.1 Å². The fraction of sp³-hybridized carbons (Fsp3) is 0.789. The Morgan fingerprint density at radius 2 is 1.68 bits per heavy atom. The van der Waals surface area contributed by atoms with Crippen LogP contribution >= 0.6 is 0 Å². The largest absolute Gasteiger partial charge is 0.454 e. The molecular formula is C19H27NO2. The lowest BCUT2D eigenvalue weighted by Crippen LogP contribution is -2.64. The molecule has 0 aliphatic heterocycles. The van der Waals surface area contributed by atoms with Gasteiger partial charge in [-0.25, -0.2) is 4.79 Å². The summed E-state index contributed by atoms with van der Waals surface area (Å²) in [7, 11) is 0. The van der Waals surface area contributed by atoms with Gasteiger partial charge in [0.25, 0.3) is 0 Å². The average Bonchev–Trinajstić information content (AvgIpc) is 2.43. The predicted molar refractivity (Wildman–Crippen MR) is 84.6 cm³/mol. The normalized spacial score (nSPS) is 40.3. The van der Waals surface area contributed by atoms with Crippen molar-refractivity contribution in [3.8, 4) is 6.07 Å². The molecule has 0 spiro atoms. The number of ether oxygens (including phenoxy) is 1. The lowest BCUT2D eigenvalue weighted by molar-refractivity contribution is -0.223. The number of hydrogen-bond acceptors (Lipinski definition) is 3. The van der Waals surface area contributed by atoms with Gasteiger partial charge in [0.15, 0.2) is 0 Å². The molecule has 3 nitrogen and oxygen atoms in total. The lowest BCUT2D eigenvalue weighted by atomic mass is 9.46. The van der Waals surface area contributed by atoms with Gasteiger partial charge in [-0.3, -0.25) is 0 Å². The van der Waals surface area contributed by atoms with Crippen LogP contribution in [0, 0.1) is 46.8 Å². The molecule has 0 N–H and O–H groups in total. The van der Waals surface area contributed by atoms with Gasteiger partial charge in [0.2, 0.25) is 0 Å². The minimum absolute atomic E-state index is 0.195. The molecule has 0 radical (unpaired) electrons. The van der Waals surface area contributed by atoms with Crippen molar-refractivity contribution in [2.75, 3.05) is 0 Å². The molecule has 0 aromatic carbocycles. The quantitative estimate of drug-likeness (QED) is 0.580. The van der Waals surface area contributed by atoms with E-state index < -0.39 is 5.60 Å². The zero-order chi connectivity index (χ0) is 16.1. The molecular weight excluding hydrogens is 274 g/mol. The summed E-state index contributed by atoms with van der Waals surface area (Å²) in [5.41, 5.74) is -0.138. The van der Waals surface area contributed by atoms with E-state index in [-0.39, 0.29) is 17.8 Å². The number of esters is 1. The summed E-state index contributed by atoms with van der Waals surface area (Å²) >= 11 is 0. The number of nitrogens with zero attached hydrogens (tertiary/aromatic N) is 1. The van der Waals surface area contributed by atoms with Crippen molar-refractivity contribution in [3.63, 3.8) is 0 Å². The number of nitriles is 1. The first kappa shape index (κ1) is 15.6. The van der Waals surface area contributed by atoms with Gasteiger partial charge >= 0.3 is 5.97 Å². The van der Waals surface area contributed by atoms with Crippen molar-refractivity contribution in [3.05, 3.63) is 12.2 Å². The first-order valence-electron chi connectivity index (χ1n) is 8.66. The van der Waals surface area contributed by atoms with Crippen molar-refractivity contribution in [2.24, 2.45) is 35.5 Å². The van der Waals surface area contributed by atoms with Crippen LogP contribution in [0.4, 0.5) is 0 Å². The van der Waals surface area contributed by atoms with E-state index in [0.717, 1.165) is 37.5 Å². The Morgan fingerprint density at radius 3 is 2.05 bits per heavy atom. The molecule has 1 unspecified atom stereocenters. The van der Waals surface area contributed by atoms with Crippen LogP contribution in [0.15, 0.2) is 12.2 Å². The second kappa shape index (κ2) is 5.41. The molecule has 0 aromatic heterocycles. The zero-order valence-corrected chi connectivity index (χ0v) is 14.0. The molecule has 0 amide bonds. The highest BCUT2D eigenvalue weighted by atomic mass is 16.6. The van der Waals surface area contributed by atoms with Gasteiger partial charge in [-0.1, -0.05) is 20.4 Å². The molecule has 4 fully saturated rings. The third kappa shape index (κ3) is 2.19. The van der Waals surface area contributed by atoms with Crippen LogP contribution in [0.3, 0.4) is 0 Å². The van der Waals surface area contributed by atoms with Crippen molar-refractivity contribution in [2.45, 2.75) is 58.5 Å². The van der Waals surface area contributed by atoms with Crippen LogP contribution < -0.4 is 0 Å². The fourth-order valence-electron chi connectivity index (χ4n) is 5.68. The summed E-state index contributed by atoms with van der Waals surface area (Å²) in [5.74, 6) is 1.95. The number of rotatable bonds is 4. The molecule has 3 heteroatoms. The number of carbonyl (C=O) groups excluding carboxylic acids is 1. The van der Waals surface area contributed by atoms with Gasteiger partial charge in [0, 0.05) is 17.4 Å². The van der Waals surface area contributed by atoms with E-state index in [1.807, 2.05) is 0 Å². The number of carbonyl (C=O) groups is 1. The van der Waals surface area contributed by atoms with Crippen LogP contribution in [0.5, 0.6) is 0 Å². The maximum atomic E-state index is 12.4.